The van der Waals surface area contributed by atoms with E-state index in [2.05, 4.69) is 15.4 Å². The van der Waals surface area contributed by atoms with Crippen LogP contribution in [-0.4, -0.2) is 50.0 Å². The third-order valence-electron chi connectivity index (χ3n) is 5.46. The molecule has 1 N–H and O–H groups in total. The Morgan fingerprint density at radius 3 is 2.73 bits per heavy atom. The smallest absolute Gasteiger partial charge is 0.329 e. The first-order valence-electron chi connectivity index (χ1n) is 10.9. The summed E-state index contributed by atoms with van der Waals surface area (Å²) in [6.07, 6.45) is 6.50. The number of fused-ring (bicyclic) bond motifs is 1. The van der Waals surface area contributed by atoms with Crippen LogP contribution in [0.4, 0.5) is 5.82 Å². The van der Waals surface area contributed by atoms with Crippen LogP contribution in [0.2, 0.25) is 5.02 Å². The number of carbonyl (C=O) groups is 1. The molecule has 0 spiro atoms. The quantitative estimate of drug-likeness (QED) is 0.564. The minimum absolute atomic E-state index is 0.289. The van der Waals surface area contributed by atoms with E-state index in [4.69, 9.17) is 21.1 Å². The lowest BCUT2D eigenvalue weighted by Crippen LogP contribution is -2.34. The maximum absolute atomic E-state index is 13.1. The van der Waals surface area contributed by atoms with E-state index >= 15 is 0 Å². The lowest BCUT2D eigenvalue weighted by Gasteiger charge is -2.23. The highest BCUT2D eigenvalue weighted by atomic mass is 35.5. The van der Waals surface area contributed by atoms with Gasteiger partial charge in [0.25, 0.3) is 5.56 Å². The van der Waals surface area contributed by atoms with Crippen LogP contribution < -0.4 is 10.9 Å². The van der Waals surface area contributed by atoms with Gasteiger partial charge in [-0.05, 0) is 52.7 Å². The van der Waals surface area contributed by atoms with E-state index in [9.17, 15) is 9.59 Å². The van der Waals surface area contributed by atoms with Gasteiger partial charge in [-0.15, -0.1) is 0 Å². The van der Waals surface area contributed by atoms with Crippen molar-refractivity contribution in [1.29, 1.82) is 0 Å². The predicted octanol–water partition coefficient (Wildman–Crippen LogP) is 3.71. The van der Waals surface area contributed by atoms with Gasteiger partial charge in [0.15, 0.2) is 0 Å². The second-order valence-electron chi connectivity index (χ2n) is 9.19. The number of nitrogens with one attached hydrogen (secondary N) is 1. The van der Waals surface area contributed by atoms with Crippen molar-refractivity contribution < 1.29 is 14.3 Å². The van der Waals surface area contributed by atoms with Crippen LogP contribution in [0, 0.1) is 0 Å². The lowest BCUT2D eigenvalue weighted by atomic mass is 10.1. The molecule has 176 valence electrons. The molecular weight excluding hydrogens is 446 g/mol. The summed E-state index contributed by atoms with van der Waals surface area (Å²) in [4.78, 5) is 30.0. The molecule has 9 nitrogen and oxygen atoms in total. The number of aromatic nitrogens is 4. The summed E-state index contributed by atoms with van der Waals surface area (Å²) in [5.41, 5.74) is 0.793. The maximum Gasteiger partial charge on any atom is 0.329 e. The zero-order valence-corrected chi connectivity index (χ0v) is 19.9. The van der Waals surface area contributed by atoms with Gasteiger partial charge < -0.3 is 14.8 Å². The average Bonchev–Trinajstić information content (AvgIpc) is 3.19. The van der Waals surface area contributed by atoms with Gasteiger partial charge in [0.05, 0.1) is 5.02 Å². The first-order chi connectivity index (χ1) is 15.6. The molecule has 3 aromatic rings. The van der Waals surface area contributed by atoms with E-state index in [0.29, 0.717) is 16.4 Å². The Morgan fingerprint density at radius 1 is 1.30 bits per heavy atom. The standard InChI is InChI=1S/C23H28ClN5O4/c1-14(22(31)33-23(2,3)4)28-13-26-29-12-15(9-19(29)21(28)30)17-10-20(25-11-18(17)24)27-16-5-7-32-8-6-16/h9-14,16H,5-8H2,1-4H3,(H,25,27)/t14-/m1/s1. The average molecular weight is 474 g/mol. The van der Waals surface area contributed by atoms with Crippen LogP contribution in [-0.2, 0) is 14.3 Å². The normalized spacial score (nSPS) is 16.0. The Morgan fingerprint density at radius 2 is 2.03 bits per heavy atom. The zero-order valence-electron chi connectivity index (χ0n) is 19.2. The number of anilines is 1. The first kappa shape index (κ1) is 23.3. The van der Waals surface area contributed by atoms with E-state index in [1.54, 1.807) is 46.2 Å². The van der Waals surface area contributed by atoms with E-state index in [1.165, 1.54) is 15.4 Å². The van der Waals surface area contributed by atoms with Crippen molar-refractivity contribution in [1.82, 2.24) is 19.2 Å². The summed E-state index contributed by atoms with van der Waals surface area (Å²) in [6, 6.07) is 3.06. The Kier molecular flexibility index (Phi) is 6.45. The molecule has 0 aliphatic carbocycles. The van der Waals surface area contributed by atoms with Gasteiger partial charge in [-0.25, -0.2) is 14.3 Å². The van der Waals surface area contributed by atoms with Crippen LogP contribution in [0.3, 0.4) is 0 Å². The molecule has 1 atom stereocenters. The molecular formula is C23H28ClN5O4. The van der Waals surface area contributed by atoms with Crippen LogP contribution in [0.15, 0.2) is 35.6 Å². The molecule has 0 aromatic carbocycles. The molecule has 33 heavy (non-hydrogen) atoms. The second-order valence-corrected chi connectivity index (χ2v) is 9.60. The molecule has 0 unspecified atom stereocenters. The Bertz CT molecular complexity index is 1220. The van der Waals surface area contributed by atoms with E-state index in [-0.39, 0.29) is 11.6 Å². The number of nitrogens with zero attached hydrogens (tertiary/aromatic N) is 4. The van der Waals surface area contributed by atoms with Crippen LogP contribution in [0.25, 0.3) is 16.6 Å². The molecule has 3 aromatic heterocycles. The Hall–Kier alpha value is -2.91. The summed E-state index contributed by atoms with van der Waals surface area (Å²) >= 11 is 6.44. The van der Waals surface area contributed by atoms with Crippen molar-refractivity contribution in [2.45, 2.75) is 58.2 Å². The van der Waals surface area contributed by atoms with Gasteiger partial charge in [-0.2, -0.15) is 5.10 Å². The zero-order chi connectivity index (χ0) is 23.8. The van der Waals surface area contributed by atoms with Crippen molar-refractivity contribution in [3.8, 4) is 11.1 Å². The molecule has 4 rings (SSSR count). The van der Waals surface area contributed by atoms with Crippen molar-refractivity contribution >= 4 is 28.9 Å². The Labute approximate surface area is 196 Å². The van der Waals surface area contributed by atoms with Gasteiger partial charge in [-0.1, -0.05) is 11.6 Å². The molecule has 4 heterocycles. The summed E-state index contributed by atoms with van der Waals surface area (Å²) < 4.78 is 13.6. The maximum atomic E-state index is 13.1. The van der Waals surface area contributed by atoms with E-state index in [1.807, 2.05) is 6.07 Å². The predicted molar refractivity (Wildman–Crippen MR) is 126 cm³/mol. The highest BCUT2D eigenvalue weighted by Crippen LogP contribution is 2.31. The van der Waals surface area contributed by atoms with Crippen molar-refractivity contribution in [3.63, 3.8) is 0 Å². The first-order valence-corrected chi connectivity index (χ1v) is 11.3. The monoisotopic (exact) mass is 473 g/mol. The number of esters is 1. The summed E-state index contributed by atoms with van der Waals surface area (Å²) in [5.74, 6) is 0.212. The molecule has 0 bridgehead atoms. The number of carbonyl (C=O) groups excluding carboxylic acids is 1. The van der Waals surface area contributed by atoms with Crippen molar-refractivity contribution in [3.05, 3.63) is 46.2 Å². The lowest BCUT2D eigenvalue weighted by molar-refractivity contribution is -0.158. The molecule has 1 saturated heterocycles. The number of hydrogen-bond donors (Lipinski definition) is 1. The third kappa shape index (κ3) is 5.20. The number of ether oxygens (including phenoxy) is 2. The van der Waals surface area contributed by atoms with E-state index < -0.39 is 17.6 Å². The fraction of sp³-hybridized carbons (Fsp3) is 0.478. The number of halogens is 1. The second kappa shape index (κ2) is 9.15. The fourth-order valence-corrected chi connectivity index (χ4v) is 3.93. The summed E-state index contributed by atoms with van der Waals surface area (Å²) in [7, 11) is 0. The third-order valence-corrected chi connectivity index (χ3v) is 5.76. The molecule has 1 fully saturated rings. The van der Waals surface area contributed by atoms with Gasteiger partial charge in [0, 0.05) is 42.8 Å². The number of hydrogen-bond acceptors (Lipinski definition) is 7. The summed E-state index contributed by atoms with van der Waals surface area (Å²) in [5, 5.41) is 8.21. The van der Waals surface area contributed by atoms with Gasteiger partial charge in [0.1, 0.15) is 29.3 Å². The molecule has 0 amide bonds. The SMILES string of the molecule is C[C@H](C(=O)OC(C)(C)C)n1cnn2cc(-c3cc(NC4CCOCC4)ncc3Cl)cc2c1=O. The largest absolute Gasteiger partial charge is 0.458 e. The van der Waals surface area contributed by atoms with Crippen LogP contribution >= 0.6 is 11.6 Å². The molecule has 10 heteroatoms. The van der Waals surface area contributed by atoms with Gasteiger partial charge in [-0.3, -0.25) is 9.36 Å². The van der Waals surface area contributed by atoms with Gasteiger partial charge >= 0.3 is 5.97 Å². The molecule has 0 radical (unpaired) electrons. The minimum Gasteiger partial charge on any atom is -0.458 e. The van der Waals surface area contributed by atoms with Gasteiger partial charge in [0.2, 0.25) is 0 Å². The number of pyridine rings is 1. The Balaban J connectivity index is 1.65. The number of rotatable bonds is 5. The van der Waals surface area contributed by atoms with Crippen molar-refractivity contribution in [2.75, 3.05) is 18.5 Å². The topological polar surface area (TPSA) is 99.8 Å². The minimum atomic E-state index is -0.813. The molecule has 0 saturated carbocycles. The highest BCUT2D eigenvalue weighted by molar-refractivity contribution is 6.33. The van der Waals surface area contributed by atoms with Crippen molar-refractivity contribution in [2.24, 2.45) is 0 Å². The highest BCUT2D eigenvalue weighted by Gasteiger charge is 2.25. The molecule has 1 aliphatic rings. The van der Waals surface area contributed by atoms with E-state index in [0.717, 1.165) is 37.2 Å². The summed E-state index contributed by atoms with van der Waals surface area (Å²) in [6.45, 7) is 8.41. The van der Waals surface area contributed by atoms with Crippen LogP contribution in [0.1, 0.15) is 46.6 Å². The molecule has 1 aliphatic heterocycles. The van der Waals surface area contributed by atoms with Crippen LogP contribution in [0.5, 0.6) is 0 Å². The fourth-order valence-electron chi connectivity index (χ4n) is 3.72.